The summed E-state index contributed by atoms with van der Waals surface area (Å²) in [5, 5.41) is 2.95. The third-order valence-electron chi connectivity index (χ3n) is 2.65. The third-order valence-corrected chi connectivity index (χ3v) is 2.65. The van der Waals surface area contributed by atoms with Crippen LogP contribution < -0.4 is 16.6 Å². The van der Waals surface area contributed by atoms with Gasteiger partial charge in [0.05, 0.1) is 5.56 Å². The van der Waals surface area contributed by atoms with Gasteiger partial charge in [0.15, 0.2) is 0 Å². The molecule has 0 spiro atoms. The number of rotatable bonds is 4. The zero-order valence-electron chi connectivity index (χ0n) is 10.5. The molecular weight excluding hydrogens is 245 g/mol. The van der Waals surface area contributed by atoms with Crippen LogP contribution in [0.4, 0.5) is 24.8 Å². The number of pyridine rings is 1. The molecule has 7 heteroatoms. The zero-order chi connectivity index (χ0) is 14.0. The Hall–Kier alpha value is -1.50. The average molecular weight is 262 g/mol. The van der Waals surface area contributed by atoms with Gasteiger partial charge in [0, 0.05) is 5.54 Å². The molecule has 1 aromatic rings. The lowest BCUT2D eigenvalue weighted by Crippen LogP contribution is -2.30. The van der Waals surface area contributed by atoms with Crippen molar-refractivity contribution in [1.82, 2.24) is 4.98 Å². The van der Waals surface area contributed by atoms with Crippen LogP contribution >= 0.6 is 0 Å². The normalized spacial score (nSPS) is 12.4. The molecule has 0 aliphatic carbocycles. The lowest BCUT2D eigenvalue weighted by molar-refractivity contribution is -0.137. The van der Waals surface area contributed by atoms with E-state index in [-0.39, 0.29) is 17.2 Å². The summed E-state index contributed by atoms with van der Waals surface area (Å²) in [4.78, 5) is 3.95. The molecule has 0 unspecified atom stereocenters. The number of halogens is 3. The molecule has 0 radical (unpaired) electrons. The highest BCUT2D eigenvalue weighted by Gasteiger charge is 2.32. The van der Waals surface area contributed by atoms with Crippen molar-refractivity contribution in [1.29, 1.82) is 0 Å². The molecule has 1 aromatic heterocycles. The van der Waals surface area contributed by atoms with Crippen LogP contribution in [-0.4, -0.2) is 10.5 Å². The lowest BCUT2D eigenvalue weighted by Gasteiger charge is -2.26. The number of nitrogens with zero attached hydrogens (tertiary/aromatic N) is 1. The molecule has 0 atom stereocenters. The maximum atomic E-state index is 12.7. The summed E-state index contributed by atoms with van der Waals surface area (Å²) in [7, 11) is 0. The lowest BCUT2D eigenvalue weighted by atomic mass is 10.0. The molecule has 0 bridgehead atoms. The Balaban J connectivity index is 3.13. The van der Waals surface area contributed by atoms with Crippen molar-refractivity contribution in [3.05, 3.63) is 17.7 Å². The average Bonchev–Trinajstić information content (AvgIpc) is 2.27. The Kier molecular flexibility index (Phi) is 4.05. The quantitative estimate of drug-likeness (QED) is 0.576. The Morgan fingerprint density at radius 1 is 1.22 bits per heavy atom. The van der Waals surface area contributed by atoms with Crippen LogP contribution in [0.3, 0.4) is 0 Å². The van der Waals surface area contributed by atoms with E-state index in [2.05, 4.69) is 15.7 Å². The van der Waals surface area contributed by atoms with Crippen LogP contribution in [0.2, 0.25) is 0 Å². The van der Waals surface area contributed by atoms with Crippen molar-refractivity contribution >= 4 is 11.6 Å². The number of nitrogen functional groups attached to an aromatic ring is 1. The topological polar surface area (TPSA) is 63.0 Å². The first-order valence-electron chi connectivity index (χ1n) is 5.52. The number of nitrogens with two attached hydrogens (primary N) is 1. The minimum atomic E-state index is -4.43. The Bertz CT molecular complexity index is 415. The Labute approximate surface area is 104 Å². The fourth-order valence-corrected chi connectivity index (χ4v) is 1.27. The molecular formula is C11H17F3N4. The molecule has 1 rings (SSSR count). The zero-order valence-corrected chi connectivity index (χ0v) is 10.5. The number of hydrogen-bond acceptors (Lipinski definition) is 4. The minimum absolute atomic E-state index is 0.0285. The van der Waals surface area contributed by atoms with Gasteiger partial charge in [-0.1, -0.05) is 6.92 Å². The second-order valence-electron chi connectivity index (χ2n) is 4.63. The first-order chi connectivity index (χ1) is 8.18. The summed E-state index contributed by atoms with van der Waals surface area (Å²) in [5.41, 5.74) is 0.997. The van der Waals surface area contributed by atoms with E-state index in [1.807, 2.05) is 20.8 Å². The van der Waals surface area contributed by atoms with E-state index in [4.69, 9.17) is 5.84 Å². The number of alkyl halides is 3. The summed E-state index contributed by atoms with van der Waals surface area (Å²) < 4.78 is 38.0. The predicted octanol–water partition coefficient (Wildman–Crippen LogP) is 2.99. The van der Waals surface area contributed by atoms with Crippen LogP contribution in [0.15, 0.2) is 12.1 Å². The van der Waals surface area contributed by atoms with Crippen LogP contribution in [0.5, 0.6) is 0 Å². The monoisotopic (exact) mass is 262 g/mol. The summed E-state index contributed by atoms with van der Waals surface area (Å²) in [6, 6.07) is 1.84. The molecule has 4 N–H and O–H groups in total. The van der Waals surface area contributed by atoms with E-state index >= 15 is 0 Å². The largest absolute Gasteiger partial charge is 0.416 e. The molecule has 0 fully saturated rings. The standard InChI is InChI=1S/C11H17F3N4/c1-4-10(2,3)17-8-5-7(11(12,13)14)6-9(16-8)18-15/h5-6H,4,15H2,1-3H3,(H2,16,17,18). The number of anilines is 2. The summed E-state index contributed by atoms with van der Waals surface area (Å²) in [5.74, 6) is 5.23. The Morgan fingerprint density at radius 3 is 2.22 bits per heavy atom. The van der Waals surface area contributed by atoms with Gasteiger partial charge in [-0.2, -0.15) is 13.2 Å². The highest BCUT2D eigenvalue weighted by Crippen LogP contribution is 2.32. The molecule has 0 saturated heterocycles. The van der Waals surface area contributed by atoms with E-state index in [1.54, 1.807) is 0 Å². The molecule has 102 valence electrons. The summed E-state index contributed by atoms with van der Waals surface area (Å²) >= 11 is 0. The van der Waals surface area contributed by atoms with Crippen LogP contribution in [0.1, 0.15) is 32.8 Å². The molecule has 0 saturated carbocycles. The predicted molar refractivity (Wildman–Crippen MR) is 65.0 cm³/mol. The maximum absolute atomic E-state index is 12.7. The first-order valence-corrected chi connectivity index (χ1v) is 5.52. The van der Waals surface area contributed by atoms with Crippen molar-refractivity contribution in [2.45, 2.75) is 38.9 Å². The smallest absolute Gasteiger partial charge is 0.365 e. The van der Waals surface area contributed by atoms with E-state index in [1.165, 1.54) is 0 Å². The van der Waals surface area contributed by atoms with Gasteiger partial charge in [0.25, 0.3) is 0 Å². The van der Waals surface area contributed by atoms with Crippen molar-refractivity contribution in [3.8, 4) is 0 Å². The number of aromatic nitrogens is 1. The number of hydrogen-bond donors (Lipinski definition) is 3. The fourth-order valence-electron chi connectivity index (χ4n) is 1.27. The van der Waals surface area contributed by atoms with Gasteiger partial charge in [-0.25, -0.2) is 10.8 Å². The second-order valence-corrected chi connectivity index (χ2v) is 4.63. The second kappa shape index (κ2) is 5.01. The van der Waals surface area contributed by atoms with Gasteiger partial charge in [0.1, 0.15) is 11.6 Å². The van der Waals surface area contributed by atoms with Gasteiger partial charge in [-0.05, 0) is 32.4 Å². The van der Waals surface area contributed by atoms with Crippen molar-refractivity contribution in [2.75, 3.05) is 10.7 Å². The maximum Gasteiger partial charge on any atom is 0.416 e. The molecule has 18 heavy (non-hydrogen) atoms. The van der Waals surface area contributed by atoms with Gasteiger partial charge in [-0.3, -0.25) is 0 Å². The highest BCUT2D eigenvalue weighted by atomic mass is 19.4. The molecule has 4 nitrogen and oxygen atoms in total. The van der Waals surface area contributed by atoms with Gasteiger partial charge >= 0.3 is 6.18 Å². The van der Waals surface area contributed by atoms with Crippen LogP contribution in [0, 0.1) is 0 Å². The van der Waals surface area contributed by atoms with E-state index in [9.17, 15) is 13.2 Å². The van der Waals surface area contributed by atoms with Crippen molar-refractivity contribution in [2.24, 2.45) is 5.84 Å². The number of nitrogens with one attached hydrogen (secondary N) is 2. The Morgan fingerprint density at radius 2 is 1.78 bits per heavy atom. The van der Waals surface area contributed by atoms with Gasteiger partial charge < -0.3 is 10.7 Å². The van der Waals surface area contributed by atoms with E-state index < -0.39 is 11.7 Å². The van der Waals surface area contributed by atoms with Crippen molar-refractivity contribution < 1.29 is 13.2 Å². The number of hydrazine groups is 1. The first kappa shape index (κ1) is 14.6. The molecule has 0 aromatic carbocycles. The van der Waals surface area contributed by atoms with Crippen LogP contribution in [-0.2, 0) is 6.18 Å². The van der Waals surface area contributed by atoms with Gasteiger partial charge in [-0.15, -0.1) is 0 Å². The van der Waals surface area contributed by atoms with E-state index in [0.717, 1.165) is 18.6 Å². The summed E-state index contributed by atoms with van der Waals surface area (Å²) in [6.45, 7) is 5.69. The van der Waals surface area contributed by atoms with Crippen molar-refractivity contribution in [3.63, 3.8) is 0 Å². The van der Waals surface area contributed by atoms with Crippen LogP contribution in [0.25, 0.3) is 0 Å². The highest BCUT2D eigenvalue weighted by molar-refractivity contribution is 5.50. The fraction of sp³-hybridized carbons (Fsp3) is 0.545. The molecule has 0 amide bonds. The third kappa shape index (κ3) is 3.76. The van der Waals surface area contributed by atoms with Gasteiger partial charge in [0.2, 0.25) is 0 Å². The van der Waals surface area contributed by atoms with E-state index in [0.29, 0.717) is 0 Å². The molecule has 0 aliphatic heterocycles. The molecule has 0 aliphatic rings. The minimum Gasteiger partial charge on any atom is -0.365 e. The summed E-state index contributed by atoms with van der Waals surface area (Å²) in [6.07, 6.45) is -3.68. The SMILES string of the molecule is CCC(C)(C)Nc1cc(C(F)(F)F)cc(NN)n1. The molecule has 1 heterocycles.